The van der Waals surface area contributed by atoms with Crippen LogP contribution in [0.1, 0.15) is 0 Å². The molecule has 7 heteroatoms. The van der Waals surface area contributed by atoms with Crippen LogP contribution in [0.25, 0.3) is 10.6 Å². The van der Waals surface area contributed by atoms with Crippen molar-refractivity contribution in [3.63, 3.8) is 0 Å². The van der Waals surface area contributed by atoms with E-state index in [0.29, 0.717) is 4.73 Å². The Labute approximate surface area is 108 Å². The van der Waals surface area contributed by atoms with Crippen molar-refractivity contribution < 1.29 is 0 Å². The molecule has 0 saturated carbocycles. The molecule has 0 atom stereocenters. The molecule has 0 N–H and O–H groups in total. The summed E-state index contributed by atoms with van der Waals surface area (Å²) in [6.45, 7) is 0. The van der Waals surface area contributed by atoms with E-state index < -0.39 is 0 Å². The zero-order chi connectivity index (χ0) is 9.42. The third-order valence-electron chi connectivity index (χ3n) is 1.29. The van der Waals surface area contributed by atoms with E-state index in [1.165, 1.54) is 11.5 Å². The quantitative estimate of drug-likeness (QED) is 0.696. The molecular weight excluding hydrogens is 404 g/mol. The van der Waals surface area contributed by atoms with Crippen LogP contribution in [0.4, 0.5) is 0 Å². The van der Waals surface area contributed by atoms with Crippen LogP contribution < -0.4 is 0 Å². The Hall–Kier alpha value is 0.700. The maximum Gasteiger partial charge on any atom is 0.209 e. The zero-order valence-corrected chi connectivity index (χ0v) is 12.3. The first-order valence-corrected chi connectivity index (χ1v) is 7.08. The Morgan fingerprint density at radius 2 is 2.00 bits per heavy atom. The molecule has 0 aromatic carbocycles. The lowest BCUT2D eigenvalue weighted by atomic mass is 10.4. The van der Waals surface area contributed by atoms with Gasteiger partial charge in [0, 0.05) is 5.56 Å². The molecule has 2 rings (SSSR count). The molecule has 0 unspecified atom stereocenters. The van der Waals surface area contributed by atoms with Crippen LogP contribution in [0, 0.1) is 0 Å². The summed E-state index contributed by atoms with van der Waals surface area (Å²) in [6.07, 6.45) is 0. The van der Waals surface area contributed by atoms with Crippen LogP contribution in [0.2, 0.25) is 0 Å². The summed E-state index contributed by atoms with van der Waals surface area (Å²) < 4.78 is 6.86. The van der Waals surface area contributed by atoms with E-state index >= 15 is 0 Å². The molecule has 0 aliphatic carbocycles. The topological polar surface area (TPSA) is 25.8 Å². The molecule has 68 valence electrons. The summed E-state index contributed by atoms with van der Waals surface area (Å²) in [4.78, 5) is 4.23. The Bertz CT molecular complexity index is 437. The van der Waals surface area contributed by atoms with Crippen LogP contribution in [0.15, 0.2) is 18.4 Å². The van der Waals surface area contributed by atoms with Gasteiger partial charge >= 0.3 is 0 Å². The van der Waals surface area contributed by atoms with Crippen molar-refractivity contribution in [2.75, 3.05) is 0 Å². The van der Waals surface area contributed by atoms with Gasteiger partial charge in [0.2, 0.25) is 4.73 Å². The lowest BCUT2D eigenvalue weighted by Crippen LogP contribution is -1.70. The number of aromatic nitrogens is 2. The zero-order valence-electron chi connectivity index (χ0n) is 5.92. The first kappa shape index (κ1) is 10.2. The summed E-state index contributed by atoms with van der Waals surface area (Å²) in [7, 11) is 0. The highest BCUT2D eigenvalue weighted by Gasteiger charge is 2.11. The second-order valence-electron chi connectivity index (χ2n) is 2.11. The molecule has 2 heterocycles. The molecule has 0 spiro atoms. The lowest BCUT2D eigenvalue weighted by Gasteiger charge is -1.87. The van der Waals surface area contributed by atoms with E-state index in [-0.39, 0.29) is 0 Å². The van der Waals surface area contributed by atoms with Crippen LogP contribution in [0.3, 0.4) is 0 Å². The number of halogens is 3. The predicted octanol–water partition coefficient (Wildman–Crippen LogP) is 4.55. The largest absolute Gasteiger partial charge is 0.209 e. The smallest absolute Gasteiger partial charge is 0.209 e. The molecule has 0 bridgehead atoms. The van der Waals surface area contributed by atoms with Gasteiger partial charge in [-0.25, -0.2) is 4.98 Å². The summed E-state index contributed by atoms with van der Waals surface area (Å²) in [5.41, 5.74) is 1.08. The van der Waals surface area contributed by atoms with Crippen molar-refractivity contribution in [1.29, 1.82) is 0 Å². The number of rotatable bonds is 1. The van der Waals surface area contributed by atoms with Gasteiger partial charge in [0.15, 0.2) is 0 Å². The van der Waals surface area contributed by atoms with E-state index in [1.807, 2.05) is 6.07 Å². The van der Waals surface area contributed by atoms with Gasteiger partial charge in [0.1, 0.15) is 5.01 Å². The minimum absolute atomic E-state index is 0.640. The van der Waals surface area contributed by atoms with Crippen molar-refractivity contribution in [3.05, 3.63) is 18.4 Å². The fraction of sp³-hybridized carbons (Fsp3) is 0. The molecule has 2 aromatic rings. The highest BCUT2D eigenvalue weighted by Crippen LogP contribution is 2.39. The van der Waals surface area contributed by atoms with E-state index in [1.54, 1.807) is 11.3 Å². The second-order valence-corrected chi connectivity index (χ2v) is 7.32. The van der Waals surface area contributed by atoms with Crippen molar-refractivity contribution in [3.8, 4) is 10.6 Å². The molecule has 2 aromatic heterocycles. The van der Waals surface area contributed by atoms with Crippen molar-refractivity contribution in [2.24, 2.45) is 0 Å². The average Bonchev–Trinajstić information content (AvgIpc) is 2.58. The molecular formula is C6HBr3N2S2. The maximum absolute atomic E-state index is 4.23. The van der Waals surface area contributed by atoms with Crippen molar-refractivity contribution in [2.45, 2.75) is 0 Å². The van der Waals surface area contributed by atoms with Gasteiger partial charge < -0.3 is 0 Å². The molecule has 13 heavy (non-hydrogen) atoms. The van der Waals surface area contributed by atoms with Gasteiger partial charge in [0.05, 0.1) is 7.57 Å². The molecule has 0 aliphatic heterocycles. The molecule has 2 nitrogen and oxygen atoms in total. The number of thiophene rings is 1. The molecule has 0 fully saturated rings. The Balaban J connectivity index is 2.51. The fourth-order valence-corrected chi connectivity index (χ4v) is 4.90. The Kier molecular flexibility index (Phi) is 3.19. The van der Waals surface area contributed by atoms with Gasteiger partial charge in [-0.1, -0.05) is 0 Å². The highest BCUT2D eigenvalue weighted by molar-refractivity contribution is 9.12. The average molecular weight is 405 g/mol. The van der Waals surface area contributed by atoms with Crippen LogP contribution in [0.5, 0.6) is 0 Å². The summed E-state index contributed by atoms with van der Waals surface area (Å²) >= 11 is 13.1. The number of nitrogens with zero attached hydrogens (tertiary/aromatic N) is 2. The van der Waals surface area contributed by atoms with Gasteiger partial charge in [-0.15, -0.1) is 11.3 Å². The Morgan fingerprint density at radius 3 is 2.46 bits per heavy atom. The van der Waals surface area contributed by atoms with E-state index in [2.05, 4.69) is 57.1 Å². The second kappa shape index (κ2) is 4.06. The van der Waals surface area contributed by atoms with E-state index in [4.69, 9.17) is 0 Å². The van der Waals surface area contributed by atoms with Gasteiger partial charge in [-0.3, -0.25) is 0 Å². The van der Waals surface area contributed by atoms with Gasteiger partial charge in [-0.05, 0) is 65.4 Å². The minimum Gasteiger partial charge on any atom is -0.209 e. The normalized spacial score (nSPS) is 10.7. The molecule has 0 radical (unpaired) electrons. The number of hydrogen-bond donors (Lipinski definition) is 0. The highest BCUT2D eigenvalue weighted by atomic mass is 79.9. The third kappa shape index (κ3) is 2.20. The molecule has 0 saturated heterocycles. The Morgan fingerprint density at radius 1 is 1.23 bits per heavy atom. The monoisotopic (exact) mass is 402 g/mol. The van der Waals surface area contributed by atoms with Crippen molar-refractivity contribution in [1.82, 2.24) is 9.36 Å². The van der Waals surface area contributed by atoms with Crippen LogP contribution in [-0.2, 0) is 0 Å². The van der Waals surface area contributed by atoms with Crippen LogP contribution >= 0.6 is 70.7 Å². The maximum atomic E-state index is 4.23. The predicted molar refractivity (Wildman–Crippen MR) is 66.3 cm³/mol. The van der Waals surface area contributed by atoms with Crippen molar-refractivity contribution >= 4 is 70.7 Å². The van der Waals surface area contributed by atoms with Gasteiger partial charge in [0.25, 0.3) is 0 Å². The first-order valence-electron chi connectivity index (χ1n) is 3.11. The van der Waals surface area contributed by atoms with Crippen LogP contribution in [-0.4, -0.2) is 9.36 Å². The standard InChI is InChI=1S/C6HBr3N2S2/c7-3-1-2(4(8)12-3)5-10-6(9)11-13-5/h1H. The van der Waals surface area contributed by atoms with E-state index in [0.717, 1.165) is 18.1 Å². The van der Waals surface area contributed by atoms with Gasteiger partial charge in [-0.2, -0.15) is 4.37 Å². The van der Waals surface area contributed by atoms with E-state index in [9.17, 15) is 0 Å². The summed E-state index contributed by atoms with van der Waals surface area (Å²) in [5.74, 6) is 0. The molecule has 0 amide bonds. The fourth-order valence-electron chi connectivity index (χ4n) is 0.801. The summed E-state index contributed by atoms with van der Waals surface area (Å²) in [6, 6.07) is 2.03. The first-order chi connectivity index (χ1) is 6.16. The lowest BCUT2D eigenvalue weighted by molar-refractivity contribution is 1.26. The third-order valence-corrected chi connectivity index (χ3v) is 4.97. The minimum atomic E-state index is 0.640. The SMILES string of the molecule is Brc1nsc(-c2cc(Br)sc2Br)n1. The molecule has 0 aliphatic rings. The number of hydrogen-bond acceptors (Lipinski definition) is 4. The summed E-state index contributed by atoms with van der Waals surface area (Å²) in [5, 5.41) is 0.917.